The second-order valence-corrected chi connectivity index (χ2v) is 16.4. The number of carbonyl (C=O) groups excluding carboxylic acids is 3. The molecule has 1 aromatic carbocycles. The Morgan fingerprint density at radius 1 is 1.29 bits per heavy atom. The smallest absolute Gasteiger partial charge is 0.355 e. The molecule has 0 amide bonds. The van der Waals surface area contributed by atoms with Crippen molar-refractivity contribution in [2.75, 3.05) is 13.2 Å². The molecule has 3 aliphatic heterocycles. The molecule has 0 bridgehead atoms. The molecule has 0 fully saturated rings. The number of rotatable bonds is 7. The lowest BCUT2D eigenvalue weighted by Crippen LogP contribution is -2.51. The Morgan fingerprint density at radius 2 is 2.05 bits per heavy atom. The van der Waals surface area contributed by atoms with Crippen LogP contribution in [0.5, 0.6) is 0 Å². The summed E-state index contributed by atoms with van der Waals surface area (Å²) >= 11 is 0. The first-order chi connectivity index (χ1) is 18.0. The number of allylic oxidation sites excluding steroid dienone is 2. The normalized spacial score (nSPS) is 22.4. The Labute approximate surface area is 224 Å². The number of carbonyl (C=O) groups is 3. The van der Waals surface area contributed by atoms with Crippen molar-refractivity contribution in [3.63, 3.8) is 0 Å². The molecule has 1 unspecified atom stereocenters. The van der Waals surface area contributed by atoms with Gasteiger partial charge >= 0.3 is 11.9 Å². The van der Waals surface area contributed by atoms with Gasteiger partial charge in [-0.15, -0.1) is 0 Å². The number of esters is 2. The number of hydrogen-bond acceptors (Lipinski definition) is 8. The highest BCUT2D eigenvalue weighted by Crippen LogP contribution is 2.45. The number of ether oxygens (including phenoxy) is 2. The van der Waals surface area contributed by atoms with E-state index in [0.717, 1.165) is 11.5 Å². The van der Waals surface area contributed by atoms with E-state index in [9.17, 15) is 14.4 Å². The second-order valence-electron chi connectivity index (χ2n) is 11.7. The number of nitrogens with one attached hydrogen (secondary N) is 1. The van der Waals surface area contributed by atoms with Gasteiger partial charge in [-0.3, -0.25) is 9.59 Å². The van der Waals surface area contributed by atoms with Gasteiger partial charge in [-0.05, 0) is 29.5 Å². The molecule has 8 nitrogen and oxygen atoms in total. The summed E-state index contributed by atoms with van der Waals surface area (Å²) in [6, 6.07) is 7.73. The molecule has 1 atom stereocenters. The molecule has 9 heteroatoms. The van der Waals surface area contributed by atoms with Crippen molar-refractivity contribution in [1.29, 1.82) is 0 Å². The van der Waals surface area contributed by atoms with E-state index in [4.69, 9.17) is 15.2 Å². The first kappa shape index (κ1) is 26.4. The third kappa shape index (κ3) is 4.12. The number of fused-ring (bicyclic) bond motifs is 3. The highest BCUT2D eigenvalue weighted by atomic mass is 28.3. The maximum absolute atomic E-state index is 14.0. The summed E-state index contributed by atoms with van der Waals surface area (Å²) in [5.41, 5.74) is 8.62. The predicted molar refractivity (Wildman–Crippen MR) is 147 cm³/mol. The number of cyclic esters (lactones) is 1. The molecule has 5 rings (SSSR count). The fourth-order valence-electron chi connectivity index (χ4n) is 6.59. The van der Waals surface area contributed by atoms with Crippen LogP contribution in [0.4, 0.5) is 0 Å². The fraction of sp³-hybridized carbons (Fsp3) is 0.483. The number of ketones is 1. The van der Waals surface area contributed by atoms with Crippen molar-refractivity contribution in [1.82, 2.24) is 10.2 Å². The SMILES string of the molecule is CCC1(OC(=O)CCN)C(=O)OCC2=C1CC1=C(C2=O)N2Cc3c(cccc3[Si](C)(C)CC(C)C)C=C2N1. The fourth-order valence-corrected chi connectivity index (χ4v) is 10.4. The van der Waals surface area contributed by atoms with Gasteiger partial charge in [0.25, 0.3) is 0 Å². The molecule has 0 saturated heterocycles. The molecule has 3 N–H and O–H groups in total. The maximum atomic E-state index is 14.0. The van der Waals surface area contributed by atoms with Crippen LogP contribution in [0.15, 0.2) is 46.6 Å². The summed E-state index contributed by atoms with van der Waals surface area (Å²) < 4.78 is 11.2. The van der Waals surface area contributed by atoms with Crippen LogP contribution in [-0.2, 0) is 30.4 Å². The van der Waals surface area contributed by atoms with Gasteiger partial charge in [0.2, 0.25) is 11.4 Å². The largest absolute Gasteiger partial charge is 0.457 e. The summed E-state index contributed by atoms with van der Waals surface area (Å²) in [5.74, 6) is 0.0675. The number of benzene rings is 1. The van der Waals surface area contributed by atoms with E-state index in [1.54, 1.807) is 6.92 Å². The van der Waals surface area contributed by atoms with E-state index in [-0.39, 0.29) is 31.8 Å². The van der Waals surface area contributed by atoms with Crippen molar-refractivity contribution in [2.24, 2.45) is 11.7 Å². The average Bonchev–Trinajstić information content (AvgIpc) is 3.21. The van der Waals surface area contributed by atoms with Gasteiger partial charge in [-0.1, -0.05) is 63.3 Å². The molecule has 0 aromatic heterocycles. The highest BCUT2D eigenvalue weighted by Gasteiger charge is 2.54. The molecule has 1 aliphatic carbocycles. The van der Waals surface area contributed by atoms with Crippen molar-refractivity contribution >= 4 is 37.1 Å². The van der Waals surface area contributed by atoms with E-state index in [0.29, 0.717) is 35.7 Å². The maximum Gasteiger partial charge on any atom is 0.355 e. The van der Waals surface area contributed by atoms with Crippen LogP contribution in [0.3, 0.4) is 0 Å². The molecule has 0 radical (unpaired) electrons. The molecular weight excluding hydrogens is 498 g/mol. The van der Waals surface area contributed by atoms with E-state index >= 15 is 0 Å². The lowest BCUT2D eigenvalue weighted by Gasteiger charge is -2.39. The molecule has 4 aliphatic rings. The summed E-state index contributed by atoms with van der Waals surface area (Å²) in [6.07, 6.45) is 2.58. The predicted octanol–water partition coefficient (Wildman–Crippen LogP) is 3.05. The summed E-state index contributed by atoms with van der Waals surface area (Å²) in [6.45, 7) is 11.7. The molecule has 202 valence electrons. The lowest BCUT2D eigenvalue weighted by molar-refractivity contribution is -0.180. The quantitative estimate of drug-likeness (QED) is 0.405. The van der Waals surface area contributed by atoms with Crippen LogP contribution in [0, 0.1) is 5.92 Å². The first-order valence-electron chi connectivity index (χ1n) is 13.5. The highest BCUT2D eigenvalue weighted by molar-refractivity contribution is 6.90. The van der Waals surface area contributed by atoms with Crippen LogP contribution >= 0.6 is 0 Å². The minimum Gasteiger partial charge on any atom is -0.457 e. The van der Waals surface area contributed by atoms with E-state index in [1.807, 2.05) is 0 Å². The third-order valence-electron chi connectivity index (χ3n) is 8.10. The molecule has 0 saturated carbocycles. The van der Waals surface area contributed by atoms with E-state index in [2.05, 4.69) is 61.4 Å². The Balaban J connectivity index is 1.51. The van der Waals surface area contributed by atoms with Crippen LogP contribution in [0.25, 0.3) is 6.08 Å². The molecule has 0 spiro atoms. The van der Waals surface area contributed by atoms with Gasteiger partial charge in [0, 0.05) is 29.8 Å². The Kier molecular flexibility index (Phi) is 6.63. The van der Waals surface area contributed by atoms with Crippen molar-refractivity contribution in [3.8, 4) is 0 Å². The number of nitrogens with zero attached hydrogens (tertiary/aromatic N) is 1. The number of hydrogen-bond donors (Lipinski definition) is 2. The third-order valence-corrected chi connectivity index (χ3v) is 11.9. The molecule has 3 heterocycles. The second kappa shape index (κ2) is 9.54. The first-order valence-corrected chi connectivity index (χ1v) is 16.7. The minimum atomic E-state index is -1.71. The molecule has 38 heavy (non-hydrogen) atoms. The zero-order valence-electron chi connectivity index (χ0n) is 22.9. The summed E-state index contributed by atoms with van der Waals surface area (Å²) in [4.78, 5) is 41.5. The Hall–Kier alpha value is -3.17. The van der Waals surface area contributed by atoms with Crippen LogP contribution in [-0.4, -0.2) is 49.4 Å². The van der Waals surface area contributed by atoms with E-state index in [1.165, 1.54) is 22.4 Å². The monoisotopic (exact) mass is 535 g/mol. The van der Waals surface area contributed by atoms with Gasteiger partial charge in [0.15, 0.2) is 0 Å². The minimum absolute atomic E-state index is 0.0183. The van der Waals surface area contributed by atoms with Crippen molar-refractivity contribution in [3.05, 3.63) is 57.7 Å². The van der Waals surface area contributed by atoms with Crippen molar-refractivity contribution < 1.29 is 23.9 Å². The number of nitrogens with two attached hydrogens (primary N) is 1. The van der Waals surface area contributed by atoms with Crippen molar-refractivity contribution in [2.45, 2.75) is 71.3 Å². The average molecular weight is 536 g/mol. The van der Waals surface area contributed by atoms with Crippen LogP contribution < -0.4 is 16.2 Å². The topological polar surface area (TPSA) is 111 Å². The van der Waals surface area contributed by atoms with E-state index < -0.39 is 25.6 Å². The Morgan fingerprint density at radius 3 is 2.74 bits per heavy atom. The van der Waals surface area contributed by atoms with Crippen LogP contribution in [0.1, 0.15) is 51.2 Å². The van der Waals surface area contributed by atoms with Gasteiger partial charge in [-0.2, -0.15) is 0 Å². The zero-order valence-corrected chi connectivity index (χ0v) is 23.9. The lowest BCUT2D eigenvalue weighted by atomic mass is 9.78. The van der Waals surface area contributed by atoms with Crippen LogP contribution in [0.2, 0.25) is 19.1 Å². The Bertz CT molecular complexity index is 1330. The molecule has 1 aromatic rings. The standard InChI is InChI=1S/C29H37N3O5Si/c1-6-29(37-25(33)10-11-30)21-13-22-26(27(34)20(21)15-36-28(29)35)32-14-19-18(12-24(32)31-22)8-7-9-23(19)38(4,5)16-17(2)3/h7-9,12,17,31H,6,10-11,13-16,30H2,1-5H3. The molecular formula is C29H37N3O5Si. The van der Waals surface area contributed by atoms with Gasteiger partial charge < -0.3 is 25.4 Å². The number of Topliss-reactive ketones (excluding diaryl/α,β-unsaturated/α-hetero) is 1. The van der Waals surface area contributed by atoms with Gasteiger partial charge in [0.05, 0.1) is 21.0 Å². The summed E-state index contributed by atoms with van der Waals surface area (Å²) in [7, 11) is -1.71. The van der Waals surface area contributed by atoms with Gasteiger partial charge in [-0.25, -0.2) is 4.79 Å². The van der Waals surface area contributed by atoms with Gasteiger partial charge in [0.1, 0.15) is 18.1 Å². The summed E-state index contributed by atoms with van der Waals surface area (Å²) in [5, 5.41) is 4.89. The zero-order chi connectivity index (χ0) is 27.4.